The maximum Gasteiger partial charge on any atom is 0.0410 e. The first-order valence-corrected chi connectivity index (χ1v) is 8.80. The minimum absolute atomic E-state index is 0.220. The number of nitrogens with two attached hydrogens (primary N) is 1. The van der Waals surface area contributed by atoms with E-state index in [1.807, 2.05) is 6.07 Å². The highest BCUT2D eigenvalue weighted by Gasteiger charge is 2.18. The highest BCUT2D eigenvalue weighted by molar-refractivity contribution is 6.30. The molecule has 2 N–H and O–H groups in total. The fourth-order valence-electron chi connectivity index (χ4n) is 3.27. The van der Waals surface area contributed by atoms with Gasteiger partial charge in [0.25, 0.3) is 0 Å². The third-order valence-electron chi connectivity index (χ3n) is 4.81. The Hall–Kier alpha value is -0.730. The molecule has 118 valence electrons. The Kier molecular flexibility index (Phi) is 6.38. The molecule has 1 aliphatic rings. The van der Waals surface area contributed by atoms with Crippen molar-refractivity contribution in [3.8, 4) is 0 Å². The summed E-state index contributed by atoms with van der Waals surface area (Å²) in [7, 11) is 0. The number of rotatable bonds is 5. The van der Waals surface area contributed by atoms with Crippen molar-refractivity contribution in [3.63, 3.8) is 0 Å². The van der Waals surface area contributed by atoms with Gasteiger partial charge in [-0.2, -0.15) is 0 Å². The molecule has 1 saturated heterocycles. The van der Waals surface area contributed by atoms with Crippen molar-refractivity contribution >= 4 is 17.3 Å². The van der Waals surface area contributed by atoms with Gasteiger partial charge in [0.05, 0.1) is 0 Å². The predicted octanol–water partition coefficient (Wildman–Crippen LogP) is 4.64. The zero-order valence-corrected chi connectivity index (χ0v) is 14.2. The average molecular weight is 309 g/mol. The van der Waals surface area contributed by atoms with Crippen molar-refractivity contribution in [2.24, 2.45) is 11.7 Å². The summed E-state index contributed by atoms with van der Waals surface area (Å²) in [5.41, 5.74) is 8.83. The number of hydrogen-bond acceptors (Lipinski definition) is 2. The standard InChI is InChI=1S/C18H29ClN2/c1-3-14-6-5-10-21(11-9-14)18-8-7-16(19)12-15(18)13-17(20)4-2/h7-8,12,14,17H,3-6,9-11,13,20H2,1-2H3. The van der Waals surface area contributed by atoms with Gasteiger partial charge < -0.3 is 10.6 Å². The zero-order chi connectivity index (χ0) is 15.2. The summed E-state index contributed by atoms with van der Waals surface area (Å²) in [6.45, 7) is 6.78. The summed E-state index contributed by atoms with van der Waals surface area (Å²) in [4.78, 5) is 2.55. The van der Waals surface area contributed by atoms with Gasteiger partial charge in [0, 0.05) is 29.8 Å². The quantitative estimate of drug-likeness (QED) is 0.859. The van der Waals surface area contributed by atoms with Crippen molar-refractivity contribution in [3.05, 3.63) is 28.8 Å². The van der Waals surface area contributed by atoms with Gasteiger partial charge in [0.1, 0.15) is 0 Å². The molecular formula is C18H29ClN2. The van der Waals surface area contributed by atoms with Crippen LogP contribution in [0.2, 0.25) is 5.02 Å². The van der Waals surface area contributed by atoms with Crippen molar-refractivity contribution in [2.45, 2.75) is 58.4 Å². The number of anilines is 1. The maximum atomic E-state index is 6.20. The molecule has 0 radical (unpaired) electrons. The van der Waals surface area contributed by atoms with E-state index < -0.39 is 0 Å². The third kappa shape index (κ3) is 4.62. The highest BCUT2D eigenvalue weighted by atomic mass is 35.5. The molecule has 2 atom stereocenters. The zero-order valence-electron chi connectivity index (χ0n) is 13.4. The van der Waals surface area contributed by atoms with Crippen molar-refractivity contribution in [2.75, 3.05) is 18.0 Å². The van der Waals surface area contributed by atoms with Gasteiger partial charge in [0.2, 0.25) is 0 Å². The van der Waals surface area contributed by atoms with E-state index in [9.17, 15) is 0 Å². The van der Waals surface area contributed by atoms with Crippen LogP contribution < -0.4 is 10.6 Å². The Morgan fingerprint density at radius 3 is 2.81 bits per heavy atom. The lowest BCUT2D eigenvalue weighted by molar-refractivity contribution is 0.459. The molecule has 0 bridgehead atoms. The molecule has 1 aromatic carbocycles. The number of hydrogen-bond donors (Lipinski definition) is 1. The largest absolute Gasteiger partial charge is 0.371 e. The first-order valence-electron chi connectivity index (χ1n) is 8.43. The van der Waals surface area contributed by atoms with Crippen LogP contribution in [0.3, 0.4) is 0 Å². The SMILES string of the molecule is CCC(N)Cc1cc(Cl)ccc1N1CCCC(CC)CC1. The van der Waals surface area contributed by atoms with Crippen LogP contribution in [0.1, 0.15) is 51.5 Å². The van der Waals surface area contributed by atoms with Crippen LogP contribution >= 0.6 is 11.6 Å². The van der Waals surface area contributed by atoms with Crippen LogP contribution in [0.4, 0.5) is 5.69 Å². The van der Waals surface area contributed by atoms with Crippen molar-refractivity contribution < 1.29 is 0 Å². The molecule has 2 nitrogen and oxygen atoms in total. The molecule has 1 aromatic rings. The summed E-state index contributed by atoms with van der Waals surface area (Å²) in [5.74, 6) is 0.892. The third-order valence-corrected chi connectivity index (χ3v) is 5.05. The lowest BCUT2D eigenvalue weighted by Gasteiger charge is -2.27. The van der Waals surface area contributed by atoms with Crippen LogP contribution in [0.5, 0.6) is 0 Å². The average Bonchev–Trinajstić information content (AvgIpc) is 2.72. The van der Waals surface area contributed by atoms with Gasteiger partial charge in [-0.3, -0.25) is 0 Å². The Balaban J connectivity index is 2.17. The molecule has 3 heteroatoms. The molecule has 1 heterocycles. The molecule has 21 heavy (non-hydrogen) atoms. The van der Waals surface area contributed by atoms with E-state index in [1.165, 1.54) is 36.9 Å². The van der Waals surface area contributed by atoms with Crippen LogP contribution in [0.25, 0.3) is 0 Å². The smallest absolute Gasteiger partial charge is 0.0410 e. The first-order chi connectivity index (χ1) is 10.1. The summed E-state index contributed by atoms with van der Waals surface area (Å²) in [5, 5.41) is 0.818. The van der Waals surface area contributed by atoms with Gasteiger partial charge in [0.15, 0.2) is 0 Å². The normalized spacial score (nSPS) is 21.1. The van der Waals surface area contributed by atoms with Crippen LogP contribution in [-0.2, 0) is 6.42 Å². The fraction of sp³-hybridized carbons (Fsp3) is 0.667. The summed E-state index contributed by atoms with van der Waals surface area (Å²) < 4.78 is 0. The Labute approximate surface area is 134 Å². The molecular weight excluding hydrogens is 280 g/mol. The van der Waals surface area contributed by atoms with E-state index in [-0.39, 0.29) is 6.04 Å². The number of nitrogens with zero attached hydrogens (tertiary/aromatic N) is 1. The van der Waals surface area contributed by atoms with Crippen molar-refractivity contribution in [1.29, 1.82) is 0 Å². The first kappa shape index (κ1) is 16.6. The monoisotopic (exact) mass is 308 g/mol. The summed E-state index contributed by atoms with van der Waals surface area (Å²) in [6, 6.07) is 6.53. The molecule has 0 amide bonds. The van der Waals surface area contributed by atoms with E-state index in [4.69, 9.17) is 17.3 Å². The fourth-order valence-corrected chi connectivity index (χ4v) is 3.46. The van der Waals surface area contributed by atoms with E-state index in [1.54, 1.807) is 0 Å². The summed E-state index contributed by atoms with van der Waals surface area (Å²) in [6.07, 6.45) is 7.19. The number of halogens is 1. The van der Waals surface area contributed by atoms with Crippen LogP contribution in [0.15, 0.2) is 18.2 Å². The Morgan fingerprint density at radius 2 is 2.10 bits per heavy atom. The van der Waals surface area contributed by atoms with Crippen molar-refractivity contribution in [1.82, 2.24) is 0 Å². The van der Waals surface area contributed by atoms with Gasteiger partial charge in [-0.05, 0) is 61.8 Å². The van der Waals surface area contributed by atoms with Gasteiger partial charge >= 0.3 is 0 Å². The van der Waals surface area contributed by atoms with E-state index >= 15 is 0 Å². The van der Waals surface area contributed by atoms with E-state index in [2.05, 4.69) is 30.9 Å². The molecule has 2 unspecified atom stereocenters. The van der Waals surface area contributed by atoms with Crippen LogP contribution in [0, 0.1) is 5.92 Å². The molecule has 1 aliphatic heterocycles. The second-order valence-corrected chi connectivity index (χ2v) is 6.77. The molecule has 0 aromatic heterocycles. The lowest BCUT2D eigenvalue weighted by atomic mass is 9.98. The molecule has 1 fully saturated rings. The van der Waals surface area contributed by atoms with Gasteiger partial charge in [-0.25, -0.2) is 0 Å². The van der Waals surface area contributed by atoms with E-state index in [0.717, 1.165) is 36.9 Å². The minimum atomic E-state index is 0.220. The Bertz CT molecular complexity index is 447. The topological polar surface area (TPSA) is 29.3 Å². The summed E-state index contributed by atoms with van der Waals surface area (Å²) >= 11 is 6.20. The Morgan fingerprint density at radius 1 is 1.29 bits per heavy atom. The second-order valence-electron chi connectivity index (χ2n) is 6.34. The molecule has 0 saturated carbocycles. The maximum absolute atomic E-state index is 6.20. The van der Waals surface area contributed by atoms with Gasteiger partial charge in [-0.15, -0.1) is 0 Å². The highest BCUT2D eigenvalue weighted by Crippen LogP contribution is 2.29. The van der Waals surface area contributed by atoms with Gasteiger partial charge in [-0.1, -0.05) is 31.9 Å². The predicted molar refractivity (Wildman–Crippen MR) is 93.3 cm³/mol. The number of benzene rings is 1. The molecule has 0 aliphatic carbocycles. The lowest BCUT2D eigenvalue weighted by Crippen LogP contribution is -2.27. The second kappa shape index (κ2) is 8.05. The minimum Gasteiger partial charge on any atom is -0.371 e. The molecule has 0 spiro atoms. The van der Waals surface area contributed by atoms with E-state index in [0.29, 0.717) is 0 Å². The molecule has 2 rings (SSSR count). The van der Waals surface area contributed by atoms with Crippen LogP contribution in [-0.4, -0.2) is 19.1 Å².